The van der Waals surface area contributed by atoms with Crippen LogP contribution >= 0.6 is 24.0 Å². The number of likely N-dealkylation sites (N-methyl/N-ethyl adjacent to an activating group) is 1. The number of rotatable bonds is 8. The number of nitrogens with one attached hydrogen (secondary N) is 2. The Kier molecular flexibility index (Phi) is 11.8. The summed E-state index contributed by atoms with van der Waals surface area (Å²) < 4.78 is 18.8. The van der Waals surface area contributed by atoms with Gasteiger partial charge in [-0.15, -0.1) is 30.6 Å². The third-order valence-corrected chi connectivity index (χ3v) is 4.49. The Labute approximate surface area is 189 Å². The van der Waals surface area contributed by atoms with Gasteiger partial charge in [0.2, 0.25) is 5.91 Å². The van der Waals surface area contributed by atoms with Crippen molar-refractivity contribution in [1.29, 1.82) is 0 Å². The van der Waals surface area contributed by atoms with Crippen LogP contribution in [0, 0.1) is 5.82 Å². The minimum atomic E-state index is -0.255. The number of amides is 1. The maximum Gasteiger partial charge on any atom is 0.243 e. The van der Waals surface area contributed by atoms with Crippen LogP contribution in [-0.4, -0.2) is 81.7 Å². The van der Waals surface area contributed by atoms with Crippen LogP contribution in [0.25, 0.3) is 0 Å². The highest BCUT2D eigenvalue weighted by atomic mass is 127. The summed E-state index contributed by atoms with van der Waals surface area (Å²) in [5.74, 6) is 0.202. The van der Waals surface area contributed by atoms with Gasteiger partial charge in [0, 0.05) is 40.3 Å². The first kappa shape index (κ1) is 25.3. The number of hydrogen-bond donors (Lipinski definition) is 2. The lowest BCUT2D eigenvalue weighted by Crippen LogP contribution is -2.46. The van der Waals surface area contributed by atoms with E-state index in [0.29, 0.717) is 32.3 Å². The quantitative estimate of drug-likeness (QED) is 0.237. The molecule has 1 heterocycles. The third-order valence-electron chi connectivity index (χ3n) is 4.49. The van der Waals surface area contributed by atoms with E-state index < -0.39 is 0 Å². The lowest BCUT2D eigenvalue weighted by atomic mass is 10.0. The summed E-state index contributed by atoms with van der Waals surface area (Å²) in [5, 5.41) is 6.43. The molecule has 1 atom stereocenters. The van der Waals surface area contributed by atoms with Crippen LogP contribution in [0.2, 0.25) is 0 Å². The van der Waals surface area contributed by atoms with Crippen LogP contribution in [0.3, 0.4) is 0 Å². The highest BCUT2D eigenvalue weighted by Crippen LogP contribution is 2.21. The van der Waals surface area contributed by atoms with E-state index >= 15 is 0 Å². The summed E-state index contributed by atoms with van der Waals surface area (Å²) in [4.78, 5) is 20.0. The number of halogens is 2. The Morgan fingerprint density at radius 2 is 1.97 bits per heavy atom. The van der Waals surface area contributed by atoms with E-state index in [1.807, 2.05) is 0 Å². The zero-order valence-electron chi connectivity index (χ0n) is 17.1. The highest BCUT2D eigenvalue weighted by molar-refractivity contribution is 14.0. The average Bonchev–Trinajstić information content (AvgIpc) is 2.71. The average molecular weight is 519 g/mol. The number of nitrogens with zero attached hydrogens (tertiary/aromatic N) is 3. The summed E-state index contributed by atoms with van der Waals surface area (Å²) in [6.45, 7) is 7.79. The molecule has 0 bridgehead atoms. The van der Waals surface area contributed by atoms with Gasteiger partial charge in [0.25, 0.3) is 0 Å². The third kappa shape index (κ3) is 8.67. The maximum atomic E-state index is 13.4. The summed E-state index contributed by atoms with van der Waals surface area (Å²) >= 11 is 0. The van der Waals surface area contributed by atoms with Crippen LogP contribution < -0.4 is 10.6 Å². The van der Waals surface area contributed by atoms with Gasteiger partial charge in [-0.3, -0.25) is 9.69 Å². The van der Waals surface area contributed by atoms with Crippen LogP contribution in [0.1, 0.15) is 11.6 Å². The van der Waals surface area contributed by atoms with Crippen LogP contribution in [0.5, 0.6) is 0 Å². The second-order valence-electron chi connectivity index (χ2n) is 6.72. The van der Waals surface area contributed by atoms with Gasteiger partial charge in [-0.25, -0.2) is 9.38 Å². The fraction of sp³-hybridized carbons (Fsp3) is 0.500. The van der Waals surface area contributed by atoms with Crippen molar-refractivity contribution in [1.82, 2.24) is 20.4 Å². The minimum Gasteiger partial charge on any atom is -0.379 e. The number of benzene rings is 1. The number of morpholine rings is 1. The first-order valence-electron chi connectivity index (χ1n) is 9.41. The van der Waals surface area contributed by atoms with Gasteiger partial charge in [-0.05, 0) is 17.7 Å². The maximum absolute atomic E-state index is 13.4. The summed E-state index contributed by atoms with van der Waals surface area (Å²) in [5.41, 5.74) is 1.02. The molecule has 9 heteroatoms. The molecule has 1 fully saturated rings. The molecule has 0 saturated carbocycles. The largest absolute Gasteiger partial charge is 0.379 e. The molecule has 1 aromatic carbocycles. The molecule has 0 aromatic heterocycles. The topological polar surface area (TPSA) is 69.2 Å². The highest BCUT2D eigenvalue weighted by Gasteiger charge is 2.23. The van der Waals surface area contributed by atoms with Gasteiger partial charge in [-0.1, -0.05) is 18.2 Å². The Hall–Kier alpha value is -1.72. The molecular weight excluding hydrogens is 488 g/mol. The zero-order valence-corrected chi connectivity index (χ0v) is 19.4. The molecular formula is C20H31FIN5O2. The number of carbonyl (C=O) groups is 1. The first-order valence-corrected chi connectivity index (χ1v) is 9.41. The number of guanidine groups is 1. The van der Waals surface area contributed by atoms with Gasteiger partial charge < -0.3 is 20.3 Å². The van der Waals surface area contributed by atoms with Crippen molar-refractivity contribution in [3.63, 3.8) is 0 Å². The van der Waals surface area contributed by atoms with E-state index in [4.69, 9.17) is 4.74 Å². The lowest BCUT2D eigenvalue weighted by molar-refractivity contribution is -0.127. The predicted octanol–water partition coefficient (Wildman–Crippen LogP) is 1.63. The van der Waals surface area contributed by atoms with Crippen LogP contribution in [0.4, 0.5) is 4.39 Å². The summed E-state index contributed by atoms with van der Waals surface area (Å²) in [7, 11) is 3.40. The van der Waals surface area contributed by atoms with Gasteiger partial charge >= 0.3 is 0 Å². The molecule has 7 nitrogen and oxygen atoms in total. The van der Waals surface area contributed by atoms with Crippen molar-refractivity contribution in [3.8, 4) is 0 Å². The Balaban J connectivity index is 0.00000420. The number of ether oxygens (including phenoxy) is 1. The Morgan fingerprint density at radius 3 is 2.55 bits per heavy atom. The molecule has 2 N–H and O–H groups in total. The zero-order chi connectivity index (χ0) is 20.4. The Morgan fingerprint density at radius 1 is 1.31 bits per heavy atom. The number of hydrogen-bond acceptors (Lipinski definition) is 4. The molecule has 0 aliphatic carbocycles. The second kappa shape index (κ2) is 13.5. The van der Waals surface area contributed by atoms with Crippen molar-refractivity contribution in [3.05, 3.63) is 48.3 Å². The van der Waals surface area contributed by atoms with E-state index in [-0.39, 0.29) is 48.3 Å². The molecule has 1 aliphatic heterocycles. The van der Waals surface area contributed by atoms with E-state index in [1.165, 1.54) is 17.0 Å². The molecule has 0 radical (unpaired) electrons. The van der Waals surface area contributed by atoms with Gasteiger partial charge in [-0.2, -0.15) is 0 Å². The Bertz CT molecular complexity index is 663. The van der Waals surface area contributed by atoms with Crippen LogP contribution in [-0.2, 0) is 9.53 Å². The molecule has 1 aliphatic rings. The van der Waals surface area contributed by atoms with E-state index in [2.05, 4.69) is 27.1 Å². The van der Waals surface area contributed by atoms with Crippen LogP contribution in [0.15, 0.2) is 41.9 Å². The second-order valence-corrected chi connectivity index (χ2v) is 6.72. The van der Waals surface area contributed by atoms with E-state index in [9.17, 15) is 9.18 Å². The molecule has 1 aromatic rings. The smallest absolute Gasteiger partial charge is 0.243 e. The molecule has 29 heavy (non-hydrogen) atoms. The van der Waals surface area contributed by atoms with Gasteiger partial charge in [0.15, 0.2) is 5.96 Å². The van der Waals surface area contributed by atoms with Crippen molar-refractivity contribution in [2.45, 2.75) is 6.04 Å². The van der Waals surface area contributed by atoms with Gasteiger partial charge in [0.05, 0.1) is 19.3 Å². The molecule has 0 spiro atoms. The molecule has 1 unspecified atom stereocenters. The molecule has 2 rings (SSSR count). The molecule has 162 valence electrons. The molecule has 1 saturated heterocycles. The van der Waals surface area contributed by atoms with Crippen molar-refractivity contribution in [2.75, 3.05) is 60.0 Å². The van der Waals surface area contributed by atoms with E-state index in [1.54, 1.807) is 32.3 Å². The van der Waals surface area contributed by atoms with Gasteiger partial charge in [0.1, 0.15) is 12.4 Å². The van der Waals surface area contributed by atoms with E-state index in [0.717, 1.165) is 18.7 Å². The standard InChI is InChI=1S/C20H30FN5O2.HI/c1-4-9-22-20(24-15-19(27)25(2)3)23-14-18(26-10-12-28-13-11-26)16-5-7-17(21)8-6-16;/h4-8,18H,1,9-15H2,2-3H3,(H2,22,23,24);1H. The fourth-order valence-electron chi connectivity index (χ4n) is 2.86. The van der Waals surface area contributed by atoms with Crippen molar-refractivity contribution < 1.29 is 13.9 Å². The summed E-state index contributed by atoms with van der Waals surface area (Å²) in [6.07, 6.45) is 1.73. The normalized spacial score (nSPS) is 15.8. The minimum absolute atomic E-state index is 0. The SMILES string of the molecule is C=CCNC(=NCC(=O)N(C)C)NCC(c1ccc(F)cc1)N1CCOCC1.I. The number of carbonyl (C=O) groups excluding carboxylic acids is 1. The first-order chi connectivity index (χ1) is 13.5. The number of aliphatic imine (C=N–C) groups is 1. The predicted molar refractivity (Wildman–Crippen MR) is 124 cm³/mol. The lowest BCUT2D eigenvalue weighted by Gasteiger charge is -2.35. The summed E-state index contributed by atoms with van der Waals surface area (Å²) in [6, 6.07) is 6.60. The van der Waals surface area contributed by atoms with Crippen molar-refractivity contribution >= 4 is 35.8 Å². The monoisotopic (exact) mass is 519 g/mol. The fourth-order valence-corrected chi connectivity index (χ4v) is 2.86. The van der Waals surface area contributed by atoms with Crippen molar-refractivity contribution in [2.24, 2.45) is 4.99 Å². The molecule has 1 amide bonds.